The molecule has 0 fully saturated rings. The molecule has 0 aromatic rings. The van der Waals surface area contributed by atoms with Gasteiger partial charge < -0.3 is 4.90 Å². The average Bonchev–Trinajstić information content (AvgIpc) is 2.35. The van der Waals surface area contributed by atoms with Crippen molar-refractivity contribution in [2.45, 2.75) is 45.4 Å². The van der Waals surface area contributed by atoms with Gasteiger partial charge in [0.05, 0.1) is 6.54 Å². The van der Waals surface area contributed by atoms with Crippen LogP contribution in [0.3, 0.4) is 0 Å². The first-order valence-electron chi connectivity index (χ1n) is 6.66. The molecule has 0 aliphatic carbocycles. The number of rotatable bonds is 11. The monoisotopic (exact) mass is 274 g/mol. The molecule has 0 bridgehead atoms. The van der Waals surface area contributed by atoms with Crippen molar-refractivity contribution < 1.29 is 14.3 Å². The van der Waals surface area contributed by atoms with Crippen molar-refractivity contribution in [1.29, 1.82) is 0 Å². The fourth-order valence-electron chi connectivity index (χ4n) is 1.75. The number of hydrogen-bond donors (Lipinski definition) is 1. The van der Waals surface area contributed by atoms with Crippen LogP contribution in [0.15, 0.2) is 12.7 Å². The van der Waals surface area contributed by atoms with E-state index < -0.39 is 8.03 Å². The lowest BCUT2D eigenvalue weighted by Crippen LogP contribution is -2.32. The van der Waals surface area contributed by atoms with E-state index in [-0.39, 0.29) is 12.1 Å². The Balaban J connectivity index is 3.83. The van der Waals surface area contributed by atoms with Crippen LogP contribution in [-0.2, 0) is 9.36 Å². The number of carbonyl (C=O) groups excluding carboxylic acids is 1. The van der Waals surface area contributed by atoms with E-state index in [9.17, 15) is 9.36 Å². The summed E-state index contributed by atoms with van der Waals surface area (Å²) < 4.78 is 10.6. The minimum absolute atomic E-state index is 0.144. The van der Waals surface area contributed by atoms with E-state index in [1.807, 2.05) is 0 Å². The van der Waals surface area contributed by atoms with Gasteiger partial charge in [-0.15, -0.1) is 0 Å². The number of hydrogen-bond acceptors (Lipinski definition) is 2. The Kier molecular flexibility index (Phi) is 10.9. The van der Waals surface area contributed by atoms with Gasteiger partial charge in [-0.1, -0.05) is 45.6 Å². The van der Waals surface area contributed by atoms with Gasteiger partial charge >= 0.3 is 8.03 Å². The summed E-state index contributed by atoms with van der Waals surface area (Å²) in [5, 5.41) is 0. The molecule has 1 N–H and O–H groups in total. The normalized spacial score (nSPS) is 11.1. The molecule has 0 aromatic carbocycles. The second kappa shape index (κ2) is 11.4. The molecule has 0 saturated carbocycles. The molecular formula is C13H25NO3P+. The van der Waals surface area contributed by atoms with E-state index in [1.54, 1.807) is 4.90 Å². The molecule has 0 aliphatic rings. The fraction of sp³-hybridized carbons (Fsp3) is 0.769. The van der Waals surface area contributed by atoms with Gasteiger partial charge in [-0.2, -0.15) is 4.89 Å². The van der Waals surface area contributed by atoms with E-state index >= 15 is 0 Å². The summed E-state index contributed by atoms with van der Waals surface area (Å²) in [7, 11) is -2.17. The van der Waals surface area contributed by atoms with E-state index in [2.05, 4.69) is 13.5 Å². The lowest BCUT2D eigenvalue weighted by molar-refractivity contribution is -0.125. The Hall–Kier alpha value is -0.730. The lowest BCUT2D eigenvalue weighted by Gasteiger charge is -2.18. The maximum Gasteiger partial charge on any atom is 0.507 e. The maximum atomic E-state index is 11.5. The van der Waals surface area contributed by atoms with Crippen LogP contribution in [0, 0.1) is 0 Å². The van der Waals surface area contributed by atoms with Gasteiger partial charge in [0.1, 0.15) is 0 Å². The van der Waals surface area contributed by atoms with Gasteiger partial charge in [-0.3, -0.25) is 4.79 Å². The zero-order valence-corrected chi connectivity index (χ0v) is 12.2. The quantitative estimate of drug-likeness (QED) is 0.358. The topological polar surface area (TPSA) is 57.6 Å². The van der Waals surface area contributed by atoms with Gasteiger partial charge in [0.2, 0.25) is 5.91 Å². The third kappa shape index (κ3) is 9.32. The molecule has 0 spiro atoms. The molecule has 0 saturated heterocycles. The van der Waals surface area contributed by atoms with Crippen molar-refractivity contribution >= 4 is 13.9 Å². The molecule has 0 radical (unpaired) electrons. The van der Waals surface area contributed by atoms with Gasteiger partial charge in [-0.25, -0.2) is 0 Å². The predicted octanol–water partition coefficient (Wildman–Crippen LogP) is 3.10. The van der Waals surface area contributed by atoms with Gasteiger partial charge in [0.15, 0.2) is 6.16 Å². The zero-order chi connectivity index (χ0) is 13.8. The van der Waals surface area contributed by atoms with Crippen LogP contribution in [0.5, 0.6) is 0 Å². The first-order valence-corrected chi connectivity index (χ1v) is 8.06. The third-order valence-electron chi connectivity index (χ3n) is 2.83. The first-order chi connectivity index (χ1) is 8.61. The average molecular weight is 274 g/mol. The van der Waals surface area contributed by atoms with E-state index in [0.717, 1.165) is 12.8 Å². The highest BCUT2D eigenvalue weighted by Gasteiger charge is 2.16. The third-order valence-corrected chi connectivity index (χ3v) is 3.41. The molecule has 5 heteroatoms. The Labute approximate surface area is 111 Å². The van der Waals surface area contributed by atoms with Crippen LogP contribution in [0.4, 0.5) is 0 Å². The molecule has 0 aromatic heterocycles. The molecule has 1 amide bonds. The molecule has 18 heavy (non-hydrogen) atoms. The van der Waals surface area contributed by atoms with Crippen molar-refractivity contribution in [3.05, 3.63) is 12.7 Å². The second-order valence-corrected chi connectivity index (χ2v) is 5.52. The van der Waals surface area contributed by atoms with Crippen molar-refractivity contribution in [2.24, 2.45) is 0 Å². The molecule has 0 aliphatic heterocycles. The number of unbranched alkanes of at least 4 members (excludes halogenated alkanes) is 5. The highest BCUT2D eigenvalue weighted by molar-refractivity contribution is 7.38. The summed E-state index contributed by atoms with van der Waals surface area (Å²) in [6.45, 7) is 6.62. The van der Waals surface area contributed by atoms with Gasteiger partial charge in [0, 0.05) is 6.54 Å². The minimum Gasteiger partial charge on any atom is -0.335 e. The number of amides is 1. The SMILES string of the molecule is C=CC(=O)N(CCCCCCCC)CC[P+](=O)O. The predicted molar refractivity (Wildman–Crippen MR) is 74.8 cm³/mol. The zero-order valence-electron chi connectivity index (χ0n) is 11.3. The van der Waals surface area contributed by atoms with Gasteiger partial charge in [-0.05, 0) is 17.1 Å². The van der Waals surface area contributed by atoms with Crippen LogP contribution in [0.2, 0.25) is 0 Å². The van der Waals surface area contributed by atoms with Crippen LogP contribution in [0.25, 0.3) is 0 Å². The Bertz CT molecular complexity index is 269. The molecule has 1 atom stereocenters. The van der Waals surface area contributed by atoms with Crippen molar-refractivity contribution in [3.8, 4) is 0 Å². The van der Waals surface area contributed by atoms with Crippen molar-refractivity contribution in [2.75, 3.05) is 19.3 Å². The van der Waals surface area contributed by atoms with Gasteiger partial charge in [0.25, 0.3) is 0 Å². The number of carbonyl (C=O) groups is 1. The Morgan fingerprint density at radius 2 is 1.83 bits per heavy atom. The minimum atomic E-state index is -2.17. The summed E-state index contributed by atoms with van der Waals surface area (Å²) in [6.07, 6.45) is 8.39. The van der Waals surface area contributed by atoms with E-state index in [4.69, 9.17) is 4.89 Å². The molecule has 0 rings (SSSR count). The summed E-state index contributed by atoms with van der Waals surface area (Å²) in [4.78, 5) is 21.9. The van der Waals surface area contributed by atoms with E-state index in [1.165, 1.54) is 31.8 Å². The summed E-state index contributed by atoms with van der Waals surface area (Å²) in [5.41, 5.74) is 0. The first kappa shape index (κ1) is 17.3. The largest absolute Gasteiger partial charge is 0.507 e. The smallest absolute Gasteiger partial charge is 0.335 e. The van der Waals surface area contributed by atoms with E-state index in [0.29, 0.717) is 13.1 Å². The van der Waals surface area contributed by atoms with Crippen molar-refractivity contribution in [1.82, 2.24) is 4.90 Å². The molecule has 104 valence electrons. The molecular weight excluding hydrogens is 249 g/mol. The van der Waals surface area contributed by atoms with Crippen LogP contribution < -0.4 is 0 Å². The Morgan fingerprint density at radius 1 is 1.22 bits per heavy atom. The maximum absolute atomic E-state index is 11.5. The van der Waals surface area contributed by atoms with Crippen LogP contribution in [-0.4, -0.2) is 35.0 Å². The highest BCUT2D eigenvalue weighted by atomic mass is 31.1. The lowest BCUT2D eigenvalue weighted by atomic mass is 10.1. The summed E-state index contributed by atoms with van der Waals surface area (Å²) in [5.74, 6) is -0.152. The molecule has 0 heterocycles. The Morgan fingerprint density at radius 3 is 2.39 bits per heavy atom. The van der Waals surface area contributed by atoms with Crippen LogP contribution in [0.1, 0.15) is 45.4 Å². The molecule has 4 nitrogen and oxygen atoms in total. The number of nitrogens with zero attached hydrogens (tertiary/aromatic N) is 1. The summed E-state index contributed by atoms with van der Waals surface area (Å²) in [6, 6.07) is 0. The van der Waals surface area contributed by atoms with Crippen LogP contribution >= 0.6 is 8.03 Å². The highest BCUT2D eigenvalue weighted by Crippen LogP contribution is 2.13. The molecule has 1 unspecified atom stereocenters. The van der Waals surface area contributed by atoms with Crippen molar-refractivity contribution in [3.63, 3.8) is 0 Å². The standard InChI is InChI=1S/C13H24NO3P/c1-3-5-6-7-8-9-10-14(13(15)4-2)11-12-18(16)17/h4H,2-3,5-12H2,1H3/p+1. The second-order valence-electron chi connectivity index (χ2n) is 4.37. The fourth-order valence-corrected chi connectivity index (χ4v) is 2.16. The summed E-state index contributed by atoms with van der Waals surface area (Å²) >= 11 is 0.